The maximum absolute atomic E-state index is 10.8. The third-order valence-electron chi connectivity index (χ3n) is 3.01. The first-order valence-corrected chi connectivity index (χ1v) is 5.75. The van der Waals surface area contributed by atoms with E-state index in [-0.39, 0.29) is 12.3 Å². The lowest BCUT2D eigenvalue weighted by Crippen LogP contribution is -2.21. The van der Waals surface area contributed by atoms with Crippen molar-refractivity contribution < 1.29 is 9.90 Å². The standard InChI is InChI=1S/C12H14ClNO2/c1-2-14-7-8(5-12(15)16)10-6-9(13)3-4-11(10)14/h3-4,6,8H,2,5,7H2,1H3,(H,15,16). The summed E-state index contributed by atoms with van der Waals surface area (Å²) in [7, 11) is 0. The van der Waals surface area contributed by atoms with Gasteiger partial charge in [0.25, 0.3) is 0 Å². The number of carbonyl (C=O) groups is 1. The van der Waals surface area contributed by atoms with Gasteiger partial charge in [-0.15, -0.1) is 0 Å². The van der Waals surface area contributed by atoms with Crippen molar-refractivity contribution in [1.29, 1.82) is 0 Å². The lowest BCUT2D eigenvalue weighted by atomic mass is 9.98. The van der Waals surface area contributed by atoms with Gasteiger partial charge < -0.3 is 10.0 Å². The molecule has 0 aliphatic carbocycles. The first-order valence-electron chi connectivity index (χ1n) is 5.38. The summed E-state index contributed by atoms with van der Waals surface area (Å²) in [5, 5.41) is 9.55. The molecule has 0 saturated carbocycles. The minimum absolute atomic E-state index is 0.0612. The average Bonchev–Trinajstić information content (AvgIpc) is 2.55. The molecule has 0 aromatic heterocycles. The number of benzene rings is 1. The molecule has 0 saturated heterocycles. The smallest absolute Gasteiger partial charge is 0.304 e. The number of nitrogens with zero attached hydrogens (tertiary/aromatic N) is 1. The van der Waals surface area contributed by atoms with Gasteiger partial charge in [0.2, 0.25) is 0 Å². The topological polar surface area (TPSA) is 40.5 Å². The van der Waals surface area contributed by atoms with Crippen molar-refractivity contribution in [2.24, 2.45) is 0 Å². The van der Waals surface area contributed by atoms with Crippen molar-refractivity contribution in [1.82, 2.24) is 0 Å². The SMILES string of the molecule is CCN1CC(CC(=O)O)c2cc(Cl)ccc21. The number of carboxylic acids is 1. The molecule has 1 heterocycles. The Morgan fingerprint density at radius 1 is 1.62 bits per heavy atom. The molecule has 0 fully saturated rings. The zero-order chi connectivity index (χ0) is 11.7. The van der Waals surface area contributed by atoms with Crippen molar-refractivity contribution in [3.05, 3.63) is 28.8 Å². The Labute approximate surface area is 99.6 Å². The van der Waals surface area contributed by atoms with Crippen LogP contribution in [-0.4, -0.2) is 24.2 Å². The van der Waals surface area contributed by atoms with E-state index in [2.05, 4.69) is 11.8 Å². The summed E-state index contributed by atoms with van der Waals surface area (Å²) in [6, 6.07) is 5.72. The molecule has 3 nitrogen and oxygen atoms in total. The van der Waals surface area contributed by atoms with Crippen LogP contribution >= 0.6 is 11.6 Å². The third kappa shape index (κ3) is 2.00. The van der Waals surface area contributed by atoms with Gasteiger partial charge >= 0.3 is 5.97 Å². The molecule has 1 aromatic rings. The predicted molar refractivity (Wildman–Crippen MR) is 64.3 cm³/mol. The molecule has 1 atom stereocenters. The van der Waals surface area contributed by atoms with E-state index in [1.165, 1.54) is 0 Å². The minimum Gasteiger partial charge on any atom is -0.481 e. The van der Waals surface area contributed by atoms with E-state index >= 15 is 0 Å². The van der Waals surface area contributed by atoms with Crippen molar-refractivity contribution >= 4 is 23.3 Å². The number of halogens is 1. The number of fused-ring (bicyclic) bond motifs is 1. The Balaban J connectivity index is 2.35. The van der Waals surface area contributed by atoms with Gasteiger partial charge in [0.15, 0.2) is 0 Å². The highest BCUT2D eigenvalue weighted by Crippen LogP contribution is 2.39. The van der Waals surface area contributed by atoms with Gasteiger partial charge in [0, 0.05) is 29.7 Å². The molecule has 0 radical (unpaired) electrons. The molecule has 4 heteroatoms. The zero-order valence-corrected chi connectivity index (χ0v) is 9.87. The van der Waals surface area contributed by atoms with Crippen molar-refractivity contribution in [2.75, 3.05) is 18.0 Å². The van der Waals surface area contributed by atoms with E-state index in [0.29, 0.717) is 5.02 Å². The lowest BCUT2D eigenvalue weighted by Gasteiger charge is -2.16. The number of hydrogen-bond donors (Lipinski definition) is 1. The quantitative estimate of drug-likeness (QED) is 0.882. The van der Waals surface area contributed by atoms with Gasteiger partial charge in [-0.1, -0.05) is 11.6 Å². The number of rotatable bonds is 3. The Morgan fingerprint density at radius 3 is 3.00 bits per heavy atom. The van der Waals surface area contributed by atoms with Crippen LogP contribution in [0.1, 0.15) is 24.8 Å². The molecule has 1 unspecified atom stereocenters. The molecular formula is C12H14ClNO2. The predicted octanol–water partition coefficient (Wildman–Crippen LogP) is 2.74. The van der Waals surface area contributed by atoms with E-state index < -0.39 is 5.97 Å². The average molecular weight is 240 g/mol. The van der Waals surface area contributed by atoms with Crippen LogP contribution in [0.4, 0.5) is 5.69 Å². The fourth-order valence-corrected chi connectivity index (χ4v) is 2.47. The molecule has 1 aliphatic heterocycles. The second-order valence-corrected chi connectivity index (χ2v) is 4.47. The van der Waals surface area contributed by atoms with Crippen molar-refractivity contribution in [3.8, 4) is 0 Å². The van der Waals surface area contributed by atoms with E-state index in [4.69, 9.17) is 16.7 Å². The maximum atomic E-state index is 10.8. The highest BCUT2D eigenvalue weighted by atomic mass is 35.5. The number of aliphatic carboxylic acids is 1. The van der Waals surface area contributed by atoms with Crippen LogP contribution < -0.4 is 4.90 Å². The normalized spacial score (nSPS) is 18.6. The van der Waals surface area contributed by atoms with Crippen molar-refractivity contribution in [3.63, 3.8) is 0 Å². The summed E-state index contributed by atoms with van der Waals surface area (Å²) < 4.78 is 0. The van der Waals surface area contributed by atoms with E-state index in [1.807, 2.05) is 18.2 Å². The van der Waals surface area contributed by atoms with Gasteiger partial charge in [-0.25, -0.2) is 0 Å². The number of anilines is 1. The van der Waals surface area contributed by atoms with Gasteiger partial charge in [0.1, 0.15) is 0 Å². The number of hydrogen-bond acceptors (Lipinski definition) is 2. The fourth-order valence-electron chi connectivity index (χ4n) is 2.29. The van der Waals surface area contributed by atoms with Crippen LogP contribution in [-0.2, 0) is 4.79 Å². The second-order valence-electron chi connectivity index (χ2n) is 4.04. The highest BCUT2D eigenvalue weighted by Gasteiger charge is 2.29. The van der Waals surface area contributed by atoms with Crippen LogP contribution in [0.25, 0.3) is 0 Å². The molecule has 86 valence electrons. The molecule has 0 bridgehead atoms. The number of likely N-dealkylation sites (N-methyl/N-ethyl adjacent to an activating group) is 1. The first-order chi connectivity index (χ1) is 7.61. The zero-order valence-electron chi connectivity index (χ0n) is 9.11. The molecule has 1 aliphatic rings. The summed E-state index contributed by atoms with van der Waals surface area (Å²) in [4.78, 5) is 13.0. The van der Waals surface area contributed by atoms with Crippen LogP contribution in [0.15, 0.2) is 18.2 Å². The second kappa shape index (κ2) is 4.34. The van der Waals surface area contributed by atoms with Gasteiger partial charge in [0.05, 0.1) is 6.42 Å². The summed E-state index contributed by atoms with van der Waals surface area (Å²) in [6.45, 7) is 3.74. The number of carboxylic acid groups (broad SMARTS) is 1. The van der Waals surface area contributed by atoms with Crippen LogP contribution in [0.2, 0.25) is 5.02 Å². The Kier molecular flexibility index (Phi) is 3.06. The Hall–Kier alpha value is -1.22. The molecule has 0 spiro atoms. The van der Waals surface area contributed by atoms with Gasteiger partial charge in [-0.05, 0) is 30.7 Å². The summed E-state index contributed by atoms with van der Waals surface area (Å²) in [6.07, 6.45) is 0.170. The van der Waals surface area contributed by atoms with E-state index in [9.17, 15) is 4.79 Å². The molecule has 1 N–H and O–H groups in total. The lowest BCUT2D eigenvalue weighted by molar-refractivity contribution is -0.137. The maximum Gasteiger partial charge on any atom is 0.304 e. The van der Waals surface area contributed by atoms with Crippen LogP contribution in [0.3, 0.4) is 0 Å². The first kappa shape index (κ1) is 11.3. The summed E-state index contributed by atoms with van der Waals surface area (Å²) >= 11 is 5.95. The van der Waals surface area contributed by atoms with Gasteiger partial charge in [-0.2, -0.15) is 0 Å². The largest absolute Gasteiger partial charge is 0.481 e. The minimum atomic E-state index is -0.756. The molecular weight excluding hydrogens is 226 g/mol. The van der Waals surface area contributed by atoms with Crippen LogP contribution in [0.5, 0.6) is 0 Å². The monoisotopic (exact) mass is 239 g/mol. The molecule has 0 amide bonds. The van der Waals surface area contributed by atoms with Crippen molar-refractivity contribution in [2.45, 2.75) is 19.3 Å². The third-order valence-corrected chi connectivity index (χ3v) is 3.25. The summed E-state index contributed by atoms with van der Waals surface area (Å²) in [5.41, 5.74) is 2.19. The molecule has 1 aromatic carbocycles. The molecule has 2 rings (SSSR count). The summed E-state index contributed by atoms with van der Waals surface area (Å²) in [5.74, 6) is -0.694. The van der Waals surface area contributed by atoms with Gasteiger partial charge in [-0.3, -0.25) is 4.79 Å². The Bertz CT molecular complexity index is 419. The van der Waals surface area contributed by atoms with Crippen LogP contribution in [0, 0.1) is 0 Å². The molecule has 16 heavy (non-hydrogen) atoms. The van der Waals surface area contributed by atoms with E-state index in [0.717, 1.165) is 24.3 Å². The Morgan fingerprint density at radius 2 is 2.38 bits per heavy atom. The van der Waals surface area contributed by atoms with E-state index in [1.54, 1.807) is 0 Å². The highest BCUT2D eigenvalue weighted by molar-refractivity contribution is 6.30. The fraction of sp³-hybridized carbons (Fsp3) is 0.417.